The maximum atomic E-state index is 12.5. The van der Waals surface area contributed by atoms with E-state index in [1.165, 1.54) is 0 Å². The predicted octanol–water partition coefficient (Wildman–Crippen LogP) is 3.42. The lowest BCUT2D eigenvalue weighted by molar-refractivity contribution is -0.139. The van der Waals surface area contributed by atoms with E-state index in [0.29, 0.717) is 17.5 Å². The maximum absolute atomic E-state index is 12.5. The van der Waals surface area contributed by atoms with Gasteiger partial charge in [-0.3, -0.25) is 4.79 Å². The molecule has 0 bridgehead atoms. The molecule has 4 nitrogen and oxygen atoms in total. The summed E-state index contributed by atoms with van der Waals surface area (Å²) >= 11 is 0. The third kappa shape index (κ3) is 3.97. The number of aryl methyl sites for hydroxylation is 3. The number of rotatable bonds is 5. The molecule has 0 saturated carbocycles. The highest BCUT2D eigenvalue weighted by Crippen LogP contribution is 2.19. The fourth-order valence-corrected chi connectivity index (χ4v) is 2.72. The molecule has 2 aromatic carbocycles. The number of nitrogens with one attached hydrogen (secondary N) is 1. The Morgan fingerprint density at radius 3 is 2.26 bits per heavy atom. The molecule has 0 aliphatic heterocycles. The van der Waals surface area contributed by atoms with Gasteiger partial charge in [-0.2, -0.15) is 0 Å². The summed E-state index contributed by atoms with van der Waals surface area (Å²) in [6.07, 6.45) is 0.713. The van der Waals surface area contributed by atoms with Crippen LogP contribution in [0.1, 0.15) is 45.6 Å². The van der Waals surface area contributed by atoms with Crippen molar-refractivity contribution in [3.8, 4) is 0 Å². The monoisotopic (exact) mass is 311 g/mol. The molecule has 0 aliphatic rings. The van der Waals surface area contributed by atoms with Crippen LogP contribution in [0.15, 0.2) is 42.5 Å². The predicted molar refractivity (Wildman–Crippen MR) is 89.6 cm³/mol. The van der Waals surface area contributed by atoms with Crippen molar-refractivity contribution in [2.45, 2.75) is 33.2 Å². The smallest absolute Gasteiger partial charge is 0.330 e. The minimum Gasteiger partial charge on any atom is -0.479 e. The summed E-state index contributed by atoms with van der Waals surface area (Å²) in [4.78, 5) is 24.1. The van der Waals surface area contributed by atoms with Gasteiger partial charge in [-0.1, -0.05) is 54.4 Å². The zero-order chi connectivity index (χ0) is 17.0. The minimum atomic E-state index is -1.07. The fourth-order valence-electron chi connectivity index (χ4n) is 2.72. The summed E-state index contributed by atoms with van der Waals surface area (Å²) in [5.74, 6) is -1.44. The number of benzene rings is 2. The Morgan fingerprint density at radius 2 is 1.70 bits per heavy atom. The van der Waals surface area contributed by atoms with Crippen molar-refractivity contribution < 1.29 is 14.7 Å². The van der Waals surface area contributed by atoms with Crippen LogP contribution in [0.4, 0.5) is 0 Å². The first-order valence-electron chi connectivity index (χ1n) is 7.62. The molecule has 2 N–H and O–H groups in total. The molecular formula is C19H21NO3. The van der Waals surface area contributed by atoms with Crippen LogP contribution in [-0.2, 0) is 11.2 Å². The Balaban J connectivity index is 2.33. The molecular weight excluding hydrogens is 290 g/mol. The molecule has 1 unspecified atom stereocenters. The lowest BCUT2D eigenvalue weighted by Gasteiger charge is -2.17. The van der Waals surface area contributed by atoms with Gasteiger partial charge >= 0.3 is 5.97 Å². The van der Waals surface area contributed by atoms with Gasteiger partial charge in [0, 0.05) is 5.56 Å². The molecule has 0 radical (unpaired) electrons. The van der Waals surface area contributed by atoms with Crippen molar-refractivity contribution >= 4 is 11.9 Å². The van der Waals surface area contributed by atoms with E-state index in [2.05, 4.69) is 5.32 Å². The van der Waals surface area contributed by atoms with Gasteiger partial charge in [-0.25, -0.2) is 4.79 Å². The number of carbonyl (C=O) groups is 2. The van der Waals surface area contributed by atoms with Gasteiger partial charge in [-0.05, 0) is 37.5 Å². The Labute approximate surface area is 136 Å². The average molecular weight is 311 g/mol. The van der Waals surface area contributed by atoms with Crippen molar-refractivity contribution in [3.63, 3.8) is 0 Å². The molecule has 0 fully saturated rings. The van der Waals surface area contributed by atoms with Crippen LogP contribution in [0, 0.1) is 13.8 Å². The van der Waals surface area contributed by atoms with Gasteiger partial charge in [0.1, 0.15) is 0 Å². The lowest BCUT2D eigenvalue weighted by atomic mass is 10.00. The van der Waals surface area contributed by atoms with E-state index in [1.54, 1.807) is 24.3 Å². The summed E-state index contributed by atoms with van der Waals surface area (Å²) < 4.78 is 0. The maximum Gasteiger partial charge on any atom is 0.330 e. The topological polar surface area (TPSA) is 66.4 Å². The van der Waals surface area contributed by atoms with E-state index in [9.17, 15) is 14.7 Å². The Bertz CT molecular complexity index is 717. The minimum absolute atomic E-state index is 0.367. The fraction of sp³-hybridized carbons (Fsp3) is 0.263. The SMILES string of the molecule is CCc1ccccc1C(=O)NC(C(=O)O)c1cc(C)cc(C)c1. The van der Waals surface area contributed by atoms with E-state index in [0.717, 1.165) is 16.7 Å². The van der Waals surface area contributed by atoms with Gasteiger partial charge in [0.2, 0.25) is 0 Å². The molecule has 4 heteroatoms. The van der Waals surface area contributed by atoms with Crippen LogP contribution in [0.3, 0.4) is 0 Å². The molecule has 1 amide bonds. The zero-order valence-corrected chi connectivity index (χ0v) is 13.6. The second kappa shape index (κ2) is 7.09. The molecule has 0 heterocycles. The molecule has 120 valence electrons. The molecule has 2 rings (SSSR count). The Hall–Kier alpha value is -2.62. The molecule has 2 aromatic rings. The standard InChI is InChI=1S/C19H21NO3/c1-4-14-7-5-6-8-16(14)18(21)20-17(19(22)23)15-10-12(2)9-13(3)11-15/h5-11,17H,4H2,1-3H3,(H,20,21)(H,22,23). The van der Waals surface area contributed by atoms with Crippen molar-refractivity contribution in [2.75, 3.05) is 0 Å². The number of carboxylic acids is 1. The van der Waals surface area contributed by atoms with Crippen molar-refractivity contribution in [1.82, 2.24) is 5.32 Å². The lowest BCUT2D eigenvalue weighted by Crippen LogP contribution is -2.34. The molecule has 0 aromatic heterocycles. The second-order valence-corrected chi connectivity index (χ2v) is 5.68. The largest absolute Gasteiger partial charge is 0.479 e. The Kier molecular flexibility index (Phi) is 5.16. The second-order valence-electron chi connectivity index (χ2n) is 5.68. The number of hydrogen-bond donors (Lipinski definition) is 2. The summed E-state index contributed by atoms with van der Waals surface area (Å²) in [6, 6.07) is 11.7. The normalized spacial score (nSPS) is 11.8. The van der Waals surface area contributed by atoms with Gasteiger partial charge < -0.3 is 10.4 Å². The first-order valence-corrected chi connectivity index (χ1v) is 7.62. The van der Waals surface area contributed by atoms with E-state index in [-0.39, 0.29) is 5.91 Å². The Morgan fingerprint density at radius 1 is 1.09 bits per heavy atom. The van der Waals surface area contributed by atoms with Crippen LogP contribution >= 0.6 is 0 Å². The number of aliphatic carboxylic acids is 1. The summed E-state index contributed by atoms with van der Waals surface area (Å²) in [6.45, 7) is 5.78. The molecule has 0 aliphatic carbocycles. The third-order valence-corrected chi connectivity index (χ3v) is 3.74. The first kappa shape index (κ1) is 16.7. The van der Waals surface area contributed by atoms with Crippen molar-refractivity contribution in [1.29, 1.82) is 0 Å². The van der Waals surface area contributed by atoms with Crippen molar-refractivity contribution in [3.05, 3.63) is 70.3 Å². The van der Waals surface area contributed by atoms with E-state index in [4.69, 9.17) is 0 Å². The van der Waals surface area contributed by atoms with E-state index >= 15 is 0 Å². The highest BCUT2D eigenvalue weighted by atomic mass is 16.4. The number of carboxylic acid groups (broad SMARTS) is 1. The molecule has 23 heavy (non-hydrogen) atoms. The van der Waals surface area contributed by atoms with Crippen LogP contribution in [0.25, 0.3) is 0 Å². The van der Waals surface area contributed by atoms with Gasteiger partial charge in [-0.15, -0.1) is 0 Å². The highest BCUT2D eigenvalue weighted by molar-refractivity contribution is 5.98. The summed E-state index contributed by atoms with van der Waals surface area (Å²) in [5.41, 5.74) is 3.93. The number of carbonyl (C=O) groups excluding carboxylic acids is 1. The van der Waals surface area contributed by atoms with Crippen LogP contribution in [0.2, 0.25) is 0 Å². The van der Waals surface area contributed by atoms with Crippen LogP contribution in [0.5, 0.6) is 0 Å². The molecule has 1 atom stereocenters. The van der Waals surface area contributed by atoms with Crippen LogP contribution < -0.4 is 5.32 Å². The summed E-state index contributed by atoms with van der Waals surface area (Å²) in [5, 5.41) is 12.2. The average Bonchev–Trinajstić information content (AvgIpc) is 2.51. The highest BCUT2D eigenvalue weighted by Gasteiger charge is 2.23. The number of amides is 1. The quantitative estimate of drug-likeness (QED) is 0.889. The van der Waals surface area contributed by atoms with E-state index < -0.39 is 12.0 Å². The van der Waals surface area contributed by atoms with Gasteiger partial charge in [0.25, 0.3) is 5.91 Å². The summed E-state index contributed by atoms with van der Waals surface area (Å²) in [7, 11) is 0. The van der Waals surface area contributed by atoms with E-state index in [1.807, 2.05) is 39.0 Å². The third-order valence-electron chi connectivity index (χ3n) is 3.74. The molecule has 0 spiro atoms. The molecule has 0 saturated heterocycles. The zero-order valence-electron chi connectivity index (χ0n) is 13.6. The van der Waals surface area contributed by atoms with Crippen molar-refractivity contribution in [2.24, 2.45) is 0 Å². The van der Waals surface area contributed by atoms with Gasteiger partial charge in [0.15, 0.2) is 6.04 Å². The first-order chi connectivity index (χ1) is 10.9. The number of hydrogen-bond acceptors (Lipinski definition) is 2. The van der Waals surface area contributed by atoms with Crippen LogP contribution in [-0.4, -0.2) is 17.0 Å². The van der Waals surface area contributed by atoms with Gasteiger partial charge in [0.05, 0.1) is 0 Å².